The Balaban J connectivity index is 2.15. The zero-order valence-electron chi connectivity index (χ0n) is 10.7. The van der Waals surface area contributed by atoms with Crippen LogP contribution in [0.2, 0.25) is 0 Å². The number of nitrogens with zero attached hydrogens (tertiary/aromatic N) is 2. The van der Waals surface area contributed by atoms with E-state index in [0.29, 0.717) is 5.92 Å². The molecule has 0 bridgehead atoms. The van der Waals surface area contributed by atoms with Crippen molar-refractivity contribution in [3.8, 4) is 11.4 Å². The van der Waals surface area contributed by atoms with Crippen molar-refractivity contribution in [2.75, 3.05) is 0 Å². The van der Waals surface area contributed by atoms with E-state index in [1.807, 2.05) is 0 Å². The third-order valence-electron chi connectivity index (χ3n) is 3.61. The molecule has 4 heteroatoms. The normalized spacial score (nSPS) is 13.4. The van der Waals surface area contributed by atoms with E-state index in [-0.39, 0.29) is 0 Å². The summed E-state index contributed by atoms with van der Waals surface area (Å²) >= 11 is 4.55. The Hall–Kier alpha value is -0.240. The Bertz CT molecular complexity index is 574. The predicted molar refractivity (Wildman–Crippen MR) is 94.3 cm³/mol. The van der Waals surface area contributed by atoms with Crippen molar-refractivity contribution in [1.82, 2.24) is 9.97 Å². The first kappa shape index (κ1) is 13.7. The largest absolute Gasteiger partial charge is 0.240 e. The highest BCUT2D eigenvalue weighted by Crippen LogP contribution is 2.45. The molecule has 2 aromatic rings. The summed E-state index contributed by atoms with van der Waals surface area (Å²) in [6.07, 6.45) is 3.68. The fourth-order valence-electron chi connectivity index (χ4n) is 2.72. The summed E-state index contributed by atoms with van der Waals surface area (Å²) in [5.41, 5.74) is 4.92. The van der Waals surface area contributed by atoms with Crippen molar-refractivity contribution in [2.24, 2.45) is 0 Å². The van der Waals surface area contributed by atoms with E-state index in [4.69, 9.17) is 9.97 Å². The molecule has 0 amide bonds. The van der Waals surface area contributed by atoms with Gasteiger partial charge < -0.3 is 0 Å². The molecule has 0 atom stereocenters. The van der Waals surface area contributed by atoms with Gasteiger partial charge in [-0.3, -0.25) is 0 Å². The highest BCUT2D eigenvalue weighted by molar-refractivity contribution is 14.1. The first-order chi connectivity index (χ1) is 9.20. The van der Waals surface area contributed by atoms with Crippen LogP contribution in [-0.2, 0) is 0 Å². The number of hydrogen-bond acceptors (Lipinski definition) is 2. The summed E-state index contributed by atoms with van der Waals surface area (Å²) in [6.45, 7) is 2.25. The molecule has 0 radical (unpaired) electrons. The zero-order valence-corrected chi connectivity index (χ0v) is 15.0. The molecule has 1 aliphatic carbocycles. The second-order valence-electron chi connectivity index (χ2n) is 4.84. The average Bonchev–Trinajstić information content (AvgIpc) is 2.69. The quantitative estimate of drug-likeness (QED) is 0.461. The first-order valence-electron chi connectivity index (χ1n) is 6.54. The Morgan fingerprint density at radius 3 is 1.95 bits per heavy atom. The van der Waals surface area contributed by atoms with Crippen molar-refractivity contribution in [1.29, 1.82) is 0 Å². The monoisotopic (exact) mass is 476 g/mol. The minimum absolute atomic E-state index is 0.485. The van der Waals surface area contributed by atoms with Crippen molar-refractivity contribution < 1.29 is 0 Å². The number of unbranched alkanes of at least 4 members (excludes halogenated alkanes) is 1. The van der Waals surface area contributed by atoms with Crippen LogP contribution in [0.5, 0.6) is 0 Å². The van der Waals surface area contributed by atoms with Gasteiger partial charge in [0.15, 0.2) is 0 Å². The summed E-state index contributed by atoms with van der Waals surface area (Å²) in [6, 6.07) is 8.68. The summed E-state index contributed by atoms with van der Waals surface area (Å²) in [4.78, 5) is 9.43. The minimum atomic E-state index is 0.485. The molecular formula is C15H14I2N2. The number of halogens is 2. The van der Waals surface area contributed by atoms with Gasteiger partial charge >= 0.3 is 0 Å². The van der Waals surface area contributed by atoms with E-state index in [9.17, 15) is 0 Å². The fraction of sp³-hybridized carbons (Fsp3) is 0.333. The lowest BCUT2D eigenvalue weighted by molar-refractivity contribution is 0.658. The van der Waals surface area contributed by atoms with Crippen LogP contribution in [0.1, 0.15) is 43.2 Å². The standard InChI is InChI=1S/C15H14I2N2/c1-2-3-4-9-10-5-7-12(16)18-14(10)15-11(9)6-8-13(17)19-15/h5-9H,2-4H2,1H3. The van der Waals surface area contributed by atoms with Gasteiger partial charge in [-0.15, -0.1) is 0 Å². The lowest BCUT2D eigenvalue weighted by Gasteiger charge is -2.12. The Labute approximate surface area is 140 Å². The number of aromatic nitrogens is 2. The molecule has 0 spiro atoms. The van der Waals surface area contributed by atoms with Gasteiger partial charge in [0.1, 0.15) is 7.40 Å². The first-order valence-corrected chi connectivity index (χ1v) is 8.69. The van der Waals surface area contributed by atoms with Crippen LogP contribution in [0.15, 0.2) is 24.3 Å². The van der Waals surface area contributed by atoms with E-state index >= 15 is 0 Å². The number of rotatable bonds is 3. The van der Waals surface area contributed by atoms with E-state index in [1.165, 1.54) is 30.4 Å². The van der Waals surface area contributed by atoms with E-state index in [1.54, 1.807) is 0 Å². The van der Waals surface area contributed by atoms with Gasteiger partial charge in [0, 0.05) is 5.92 Å². The lowest BCUT2D eigenvalue weighted by Crippen LogP contribution is -1.97. The second kappa shape index (κ2) is 5.63. The predicted octanol–water partition coefficient (Wildman–Crippen LogP) is 4.99. The van der Waals surface area contributed by atoms with Gasteiger partial charge in [0.2, 0.25) is 0 Å². The number of pyridine rings is 2. The van der Waals surface area contributed by atoms with Gasteiger partial charge in [-0.2, -0.15) is 0 Å². The summed E-state index contributed by atoms with van der Waals surface area (Å²) in [5.74, 6) is 0.485. The minimum Gasteiger partial charge on any atom is -0.240 e. The maximum atomic E-state index is 4.72. The summed E-state index contributed by atoms with van der Waals surface area (Å²) in [7, 11) is 0. The van der Waals surface area contributed by atoms with Crippen LogP contribution >= 0.6 is 45.2 Å². The molecule has 19 heavy (non-hydrogen) atoms. The number of hydrogen-bond donors (Lipinski definition) is 0. The Morgan fingerprint density at radius 1 is 0.947 bits per heavy atom. The smallest absolute Gasteiger partial charge is 0.102 e. The molecule has 0 unspecified atom stereocenters. The molecule has 2 aromatic heterocycles. The zero-order chi connectivity index (χ0) is 13.4. The molecule has 0 N–H and O–H groups in total. The van der Waals surface area contributed by atoms with Crippen molar-refractivity contribution in [3.05, 3.63) is 42.8 Å². The van der Waals surface area contributed by atoms with Crippen LogP contribution in [-0.4, -0.2) is 9.97 Å². The van der Waals surface area contributed by atoms with Crippen LogP contribution in [0.25, 0.3) is 11.4 Å². The molecule has 2 heterocycles. The maximum Gasteiger partial charge on any atom is 0.102 e. The molecule has 98 valence electrons. The molecule has 3 rings (SSSR count). The van der Waals surface area contributed by atoms with Crippen molar-refractivity contribution >= 4 is 45.2 Å². The summed E-state index contributed by atoms with van der Waals surface area (Å²) in [5, 5.41) is 0. The Morgan fingerprint density at radius 2 is 1.47 bits per heavy atom. The molecule has 1 aliphatic rings. The van der Waals surface area contributed by atoms with Gasteiger partial charge in [-0.1, -0.05) is 31.9 Å². The molecule has 0 saturated heterocycles. The molecule has 2 nitrogen and oxygen atoms in total. The van der Waals surface area contributed by atoms with Crippen LogP contribution < -0.4 is 0 Å². The maximum absolute atomic E-state index is 4.72. The lowest BCUT2D eigenvalue weighted by atomic mass is 9.93. The highest BCUT2D eigenvalue weighted by atomic mass is 127. The third kappa shape index (κ3) is 2.53. The van der Waals surface area contributed by atoms with Gasteiger partial charge in [0.25, 0.3) is 0 Å². The van der Waals surface area contributed by atoms with Crippen molar-refractivity contribution in [2.45, 2.75) is 32.1 Å². The average molecular weight is 476 g/mol. The van der Waals surface area contributed by atoms with Gasteiger partial charge in [-0.05, 0) is 74.9 Å². The Kier molecular flexibility index (Phi) is 4.07. The summed E-state index contributed by atoms with van der Waals surface area (Å²) < 4.78 is 2.08. The molecule has 0 aromatic carbocycles. The van der Waals surface area contributed by atoms with Crippen molar-refractivity contribution in [3.63, 3.8) is 0 Å². The molecule has 0 fully saturated rings. The third-order valence-corrected chi connectivity index (χ3v) is 4.81. The highest BCUT2D eigenvalue weighted by Gasteiger charge is 2.30. The van der Waals surface area contributed by atoms with Crippen LogP contribution in [0.4, 0.5) is 0 Å². The molecule has 0 saturated carbocycles. The second-order valence-corrected chi connectivity index (χ2v) is 7.05. The number of fused-ring (bicyclic) bond motifs is 3. The van der Waals surface area contributed by atoms with E-state index in [2.05, 4.69) is 76.4 Å². The van der Waals surface area contributed by atoms with Gasteiger partial charge in [-0.25, -0.2) is 9.97 Å². The van der Waals surface area contributed by atoms with E-state index in [0.717, 1.165) is 18.8 Å². The molecule has 0 aliphatic heterocycles. The molecular weight excluding hydrogens is 462 g/mol. The fourth-order valence-corrected chi connectivity index (χ4v) is 3.56. The van der Waals surface area contributed by atoms with Gasteiger partial charge in [0.05, 0.1) is 11.4 Å². The van der Waals surface area contributed by atoms with E-state index < -0.39 is 0 Å². The van der Waals surface area contributed by atoms with Crippen LogP contribution in [0.3, 0.4) is 0 Å². The SMILES string of the molecule is CCCCC1c2ccc(I)nc2-c2nc(I)ccc21. The topological polar surface area (TPSA) is 25.8 Å². The van der Waals surface area contributed by atoms with Crippen LogP contribution in [0, 0.1) is 7.40 Å².